The fourth-order valence-electron chi connectivity index (χ4n) is 4.07. The Morgan fingerprint density at radius 1 is 1.19 bits per heavy atom. The lowest BCUT2D eigenvalue weighted by Crippen LogP contribution is -2.22. The van der Waals surface area contributed by atoms with Crippen LogP contribution >= 0.6 is 0 Å². The maximum Gasteiger partial charge on any atom is 0.356 e. The minimum atomic E-state index is -0.495. The number of amides is 1. The molecule has 0 radical (unpaired) electrons. The fourth-order valence-corrected chi connectivity index (χ4v) is 4.07. The van der Waals surface area contributed by atoms with Gasteiger partial charge in [0.15, 0.2) is 11.5 Å². The highest BCUT2D eigenvalue weighted by Crippen LogP contribution is 2.40. The van der Waals surface area contributed by atoms with Crippen molar-refractivity contribution in [2.45, 2.75) is 58.0 Å². The topological polar surface area (TPSA) is 132 Å². The Kier molecular flexibility index (Phi) is 6.96. The third kappa shape index (κ3) is 5.56. The first-order valence-corrected chi connectivity index (χ1v) is 12.2. The molecule has 1 saturated carbocycles. The Hall–Kier alpha value is -4.15. The van der Waals surface area contributed by atoms with Gasteiger partial charge in [-0.2, -0.15) is 5.10 Å². The van der Waals surface area contributed by atoms with Crippen LogP contribution in [0.15, 0.2) is 36.5 Å². The molecule has 4 aromatic heterocycles. The molecule has 1 aliphatic carbocycles. The van der Waals surface area contributed by atoms with Gasteiger partial charge >= 0.3 is 5.97 Å². The maximum atomic E-state index is 11.9. The molecule has 4 aromatic rings. The van der Waals surface area contributed by atoms with Crippen LogP contribution < -0.4 is 4.90 Å². The molecule has 11 nitrogen and oxygen atoms in total. The van der Waals surface area contributed by atoms with Crippen molar-refractivity contribution in [1.82, 2.24) is 35.2 Å². The zero-order valence-electron chi connectivity index (χ0n) is 20.1. The predicted molar refractivity (Wildman–Crippen MR) is 131 cm³/mol. The van der Waals surface area contributed by atoms with Crippen molar-refractivity contribution in [3.63, 3.8) is 0 Å². The first-order chi connectivity index (χ1) is 17.6. The first-order valence-electron chi connectivity index (χ1n) is 12.2. The van der Waals surface area contributed by atoms with E-state index >= 15 is 0 Å². The van der Waals surface area contributed by atoms with Crippen LogP contribution in [0, 0.1) is 0 Å². The lowest BCUT2D eigenvalue weighted by molar-refractivity contribution is -0.107. The van der Waals surface area contributed by atoms with Crippen LogP contribution in [0.5, 0.6) is 0 Å². The van der Waals surface area contributed by atoms with Gasteiger partial charge in [0.05, 0.1) is 30.7 Å². The van der Waals surface area contributed by atoms with E-state index in [1.807, 2.05) is 0 Å². The van der Waals surface area contributed by atoms with Crippen LogP contribution in [0.3, 0.4) is 0 Å². The van der Waals surface area contributed by atoms with Crippen LogP contribution in [0.1, 0.15) is 66.1 Å². The number of aromatic amines is 1. The number of esters is 1. The van der Waals surface area contributed by atoms with E-state index in [1.165, 1.54) is 23.4 Å². The Morgan fingerprint density at radius 2 is 2.08 bits per heavy atom. The third-order valence-corrected chi connectivity index (χ3v) is 6.11. The highest BCUT2D eigenvalue weighted by atomic mass is 16.5. The van der Waals surface area contributed by atoms with Gasteiger partial charge in [-0.25, -0.2) is 9.78 Å². The van der Waals surface area contributed by atoms with Gasteiger partial charge in [0, 0.05) is 17.6 Å². The third-order valence-electron chi connectivity index (χ3n) is 6.11. The molecule has 1 amide bonds. The second-order valence-corrected chi connectivity index (χ2v) is 8.90. The summed E-state index contributed by atoms with van der Waals surface area (Å²) < 4.78 is 6.71. The lowest BCUT2D eigenvalue weighted by atomic mass is 10.1. The molecule has 0 aromatic carbocycles. The zero-order valence-corrected chi connectivity index (χ0v) is 20.1. The van der Waals surface area contributed by atoms with E-state index in [-0.39, 0.29) is 18.8 Å². The summed E-state index contributed by atoms with van der Waals surface area (Å²) in [6.45, 7) is 2.84. The molecule has 5 rings (SSSR count). The standard InChI is InChI=1S/C25H28N8O3/c1-2-36-25(35)21-8-5-7-20(26-21)14-32(16-34)23-15-33(31-29-23)11-4-3-6-19-12-18-13-22(17-9-10-17)27-24(18)30-28-19/h5,7-8,12-13,15-17H,2-4,6,9-11,14H2,1H3,(H,27,30). The van der Waals surface area contributed by atoms with E-state index in [2.05, 4.69) is 42.6 Å². The molecule has 11 heteroatoms. The second kappa shape index (κ2) is 10.6. The van der Waals surface area contributed by atoms with Crippen LogP contribution in [0.4, 0.5) is 5.82 Å². The van der Waals surface area contributed by atoms with Crippen LogP contribution in [0.25, 0.3) is 11.0 Å². The van der Waals surface area contributed by atoms with E-state index < -0.39 is 5.97 Å². The van der Waals surface area contributed by atoms with Crippen molar-refractivity contribution in [2.75, 3.05) is 11.5 Å². The normalized spacial score (nSPS) is 13.1. The Bertz CT molecular complexity index is 1360. The number of carbonyl (C=O) groups is 2. The number of unbranched alkanes of at least 4 members (excludes halogenated alkanes) is 1. The Labute approximate surface area is 207 Å². The number of H-pyrrole nitrogens is 1. The van der Waals surface area contributed by atoms with Gasteiger partial charge in [0.2, 0.25) is 6.41 Å². The number of carbonyl (C=O) groups excluding carboxylic acids is 2. The maximum absolute atomic E-state index is 11.9. The number of aromatic nitrogens is 7. The highest BCUT2D eigenvalue weighted by molar-refractivity contribution is 5.87. The SMILES string of the molecule is CCOC(=O)c1cccc(CN(C=O)c2cn(CCCCc3cc4cc(C5CC5)[nH]c4nn3)nn2)n1. The van der Waals surface area contributed by atoms with Gasteiger partial charge in [-0.1, -0.05) is 11.3 Å². The summed E-state index contributed by atoms with van der Waals surface area (Å²) in [5, 5.41) is 18.1. The molecule has 0 atom stereocenters. The van der Waals surface area contributed by atoms with Gasteiger partial charge in [-0.3, -0.25) is 14.4 Å². The van der Waals surface area contributed by atoms with Crippen LogP contribution in [-0.4, -0.2) is 54.1 Å². The molecule has 0 bridgehead atoms. The van der Waals surface area contributed by atoms with E-state index in [0.29, 0.717) is 30.4 Å². The largest absolute Gasteiger partial charge is 0.461 e. The van der Waals surface area contributed by atoms with Gasteiger partial charge in [-0.15, -0.1) is 10.2 Å². The molecule has 186 valence electrons. The van der Waals surface area contributed by atoms with Crippen molar-refractivity contribution >= 4 is 29.2 Å². The van der Waals surface area contributed by atoms with Crippen molar-refractivity contribution in [2.24, 2.45) is 0 Å². The van der Waals surface area contributed by atoms with E-state index in [1.54, 1.807) is 36.0 Å². The summed E-state index contributed by atoms with van der Waals surface area (Å²) in [7, 11) is 0. The minimum Gasteiger partial charge on any atom is -0.461 e. The molecule has 1 fully saturated rings. The highest BCUT2D eigenvalue weighted by Gasteiger charge is 2.25. The quantitative estimate of drug-likeness (QED) is 0.183. The van der Waals surface area contributed by atoms with Gasteiger partial charge in [0.25, 0.3) is 0 Å². The number of nitrogens with one attached hydrogen (secondary N) is 1. The number of aryl methyl sites for hydroxylation is 2. The number of fused-ring (bicyclic) bond motifs is 1. The monoisotopic (exact) mass is 488 g/mol. The van der Waals surface area contributed by atoms with Gasteiger partial charge in [-0.05, 0) is 69.2 Å². The fraction of sp³-hybridized carbons (Fsp3) is 0.400. The number of nitrogens with zero attached hydrogens (tertiary/aromatic N) is 7. The van der Waals surface area contributed by atoms with Crippen molar-refractivity contribution in [1.29, 1.82) is 0 Å². The van der Waals surface area contributed by atoms with E-state index in [9.17, 15) is 9.59 Å². The van der Waals surface area contributed by atoms with Crippen molar-refractivity contribution in [3.05, 3.63) is 59.3 Å². The summed E-state index contributed by atoms with van der Waals surface area (Å²) in [6, 6.07) is 9.34. The molecular formula is C25H28N8O3. The number of anilines is 1. The minimum absolute atomic E-state index is 0.165. The van der Waals surface area contributed by atoms with E-state index in [0.717, 1.165) is 36.0 Å². The molecule has 4 heterocycles. The number of ether oxygens (including phenoxy) is 1. The Balaban J connectivity index is 1.13. The smallest absolute Gasteiger partial charge is 0.356 e. The second-order valence-electron chi connectivity index (χ2n) is 8.90. The molecule has 1 N–H and O–H groups in total. The molecular weight excluding hydrogens is 460 g/mol. The first kappa shape index (κ1) is 23.6. The summed E-state index contributed by atoms with van der Waals surface area (Å²) in [5.41, 5.74) is 3.86. The summed E-state index contributed by atoms with van der Waals surface area (Å²) in [6.07, 6.45) is 7.55. The molecule has 0 aliphatic heterocycles. The molecule has 0 unspecified atom stereocenters. The van der Waals surface area contributed by atoms with E-state index in [4.69, 9.17) is 4.74 Å². The average Bonchev–Trinajstić information content (AvgIpc) is 3.49. The molecule has 1 aliphatic rings. The molecule has 36 heavy (non-hydrogen) atoms. The zero-order chi connectivity index (χ0) is 24.9. The number of hydrogen-bond donors (Lipinski definition) is 1. The number of pyridine rings is 1. The molecule has 0 spiro atoms. The summed E-state index contributed by atoms with van der Waals surface area (Å²) in [4.78, 5) is 32.7. The van der Waals surface area contributed by atoms with Crippen LogP contribution in [-0.2, 0) is 29.0 Å². The predicted octanol–water partition coefficient (Wildman–Crippen LogP) is 3.18. The average molecular weight is 489 g/mol. The summed E-state index contributed by atoms with van der Waals surface area (Å²) in [5.74, 6) is 0.588. The number of rotatable bonds is 12. The number of hydrogen-bond acceptors (Lipinski definition) is 8. The lowest BCUT2D eigenvalue weighted by Gasteiger charge is -2.13. The van der Waals surface area contributed by atoms with Gasteiger partial charge < -0.3 is 9.72 Å². The molecule has 0 saturated heterocycles. The Morgan fingerprint density at radius 3 is 2.89 bits per heavy atom. The van der Waals surface area contributed by atoms with Crippen LogP contribution in [0.2, 0.25) is 0 Å². The van der Waals surface area contributed by atoms with Crippen molar-refractivity contribution < 1.29 is 14.3 Å². The van der Waals surface area contributed by atoms with Crippen molar-refractivity contribution in [3.8, 4) is 0 Å². The summed E-state index contributed by atoms with van der Waals surface area (Å²) >= 11 is 0. The van der Waals surface area contributed by atoms with Gasteiger partial charge in [0.1, 0.15) is 5.69 Å².